The van der Waals surface area contributed by atoms with E-state index in [-0.39, 0.29) is 5.91 Å². The number of rotatable bonds is 3. The summed E-state index contributed by atoms with van der Waals surface area (Å²) in [7, 11) is 0. The molecule has 0 radical (unpaired) electrons. The lowest BCUT2D eigenvalue weighted by molar-refractivity contribution is 0.0652. The second-order valence-electron chi connectivity index (χ2n) is 5.50. The zero-order valence-corrected chi connectivity index (χ0v) is 13.7. The highest BCUT2D eigenvalue weighted by Gasteiger charge is 2.52. The molecule has 0 saturated carbocycles. The summed E-state index contributed by atoms with van der Waals surface area (Å²) in [5, 5.41) is 11.6. The minimum atomic E-state index is -1.66. The maximum atomic E-state index is 13.0. The molecule has 1 atom stereocenters. The van der Waals surface area contributed by atoms with Crippen LogP contribution in [0.4, 0.5) is 5.69 Å². The van der Waals surface area contributed by atoms with Crippen molar-refractivity contribution in [1.29, 1.82) is 0 Å². The average molecular weight is 337 g/mol. The first-order valence-electron chi connectivity index (χ1n) is 7.46. The van der Waals surface area contributed by atoms with Gasteiger partial charge in [-0.2, -0.15) is 0 Å². The highest BCUT2D eigenvalue weighted by atomic mass is 32.2. The standard InChI is InChI=1S/C18H15N3O2S/c1-24-13-6-4-5-12(11-13)21-16(22)14-7-2-3-8-15(14)18(21,23)17-19-9-10-20-17/h2-11,23H,1H3,(H,19,20)/t18-/m0/s1. The summed E-state index contributed by atoms with van der Waals surface area (Å²) in [5.74, 6) is 0.0677. The maximum Gasteiger partial charge on any atom is 0.261 e. The molecular formula is C18H15N3O2S. The Hall–Kier alpha value is -2.57. The summed E-state index contributed by atoms with van der Waals surface area (Å²) in [6.07, 6.45) is 5.17. The van der Waals surface area contributed by atoms with E-state index in [4.69, 9.17) is 0 Å². The molecule has 3 aromatic rings. The van der Waals surface area contributed by atoms with Crippen LogP contribution in [-0.2, 0) is 5.72 Å². The van der Waals surface area contributed by atoms with Gasteiger partial charge in [-0.1, -0.05) is 24.3 Å². The van der Waals surface area contributed by atoms with Crippen molar-refractivity contribution >= 4 is 23.4 Å². The van der Waals surface area contributed by atoms with Crippen LogP contribution in [0.3, 0.4) is 0 Å². The number of amides is 1. The van der Waals surface area contributed by atoms with Gasteiger partial charge in [0.2, 0.25) is 5.72 Å². The largest absolute Gasteiger partial charge is 0.360 e. The van der Waals surface area contributed by atoms with E-state index in [1.54, 1.807) is 42.4 Å². The topological polar surface area (TPSA) is 69.2 Å². The van der Waals surface area contributed by atoms with Crippen LogP contribution in [0.25, 0.3) is 0 Å². The molecule has 5 nitrogen and oxygen atoms in total. The number of nitrogens with one attached hydrogen (secondary N) is 1. The van der Waals surface area contributed by atoms with Crippen molar-refractivity contribution in [3.8, 4) is 0 Å². The number of hydrogen-bond donors (Lipinski definition) is 2. The van der Waals surface area contributed by atoms with Crippen LogP contribution in [0.5, 0.6) is 0 Å². The van der Waals surface area contributed by atoms with E-state index in [1.165, 1.54) is 4.90 Å². The predicted octanol–water partition coefficient (Wildman–Crippen LogP) is 2.99. The van der Waals surface area contributed by atoms with E-state index in [9.17, 15) is 9.90 Å². The molecule has 0 spiro atoms. The Kier molecular flexibility index (Phi) is 3.44. The second kappa shape index (κ2) is 5.51. The second-order valence-corrected chi connectivity index (χ2v) is 6.38. The normalized spacial score (nSPS) is 19.6. The molecule has 120 valence electrons. The molecule has 0 saturated heterocycles. The van der Waals surface area contributed by atoms with Crippen LogP contribution in [0, 0.1) is 0 Å². The van der Waals surface area contributed by atoms with Crippen molar-refractivity contribution in [3.05, 3.63) is 77.9 Å². The molecule has 24 heavy (non-hydrogen) atoms. The molecule has 1 amide bonds. The molecule has 0 unspecified atom stereocenters. The molecule has 1 aliphatic rings. The van der Waals surface area contributed by atoms with Gasteiger partial charge in [0, 0.05) is 34.1 Å². The number of aromatic nitrogens is 2. The summed E-state index contributed by atoms with van der Waals surface area (Å²) >= 11 is 1.58. The molecule has 2 heterocycles. The number of carbonyl (C=O) groups excluding carboxylic acids is 1. The van der Waals surface area contributed by atoms with Crippen molar-refractivity contribution < 1.29 is 9.90 Å². The highest BCUT2D eigenvalue weighted by molar-refractivity contribution is 7.98. The number of nitrogens with zero attached hydrogens (tertiary/aromatic N) is 2. The third-order valence-corrected chi connectivity index (χ3v) is 4.93. The number of fused-ring (bicyclic) bond motifs is 1. The molecule has 0 bridgehead atoms. The van der Waals surface area contributed by atoms with Crippen molar-refractivity contribution in [1.82, 2.24) is 9.97 Å². The molecule has 2 N–H and O–H groups in total. The van der Waals surface area contributed by atoms with E-state index in [1.807, 2.05) is 36.6 Å². The van der Waals surface area contributed by atoms with Crippen molar-refractivity contribution in [2.75, 3.05) is 11.2 Å². The molecule has 1 aliphatic heterocycles. The van der Waals surface area contributed by atoms with E-state index in [0.29, 0.717) is 22.6 Å². The van der Waals surface area contributed by atoms with Gasteiger partial charge in [-0.15, -0.1) is 11.8 Å². The molecule has 6 heteroatoms. The molecule has 0 aliphatic carbocycles. The number of imidazole rings is 1. The predicted molar refractivity (Wildman–Crippen MR) is 93.1 cm³/mol. The van der Waals surface area contributed by atoms with Crippen molar-refractivity contribution in [2.45, 2.75) is 10.6 Å². The summed E-state index contributed by atoms with van der Waals surface area (Å²) in [4.78, 5) is 22.6. The number of carbonyl (C=O) groups is 1. The van der Waals surface area contributed by atoms with Crippen LogP contribution in [-0.4, -0.2) is 27.2 Å². The number of aromatic amines is 1. The van der Waals surface area contributed by atoms with Crippen molar-refractivity contribution in [3.63, 3.8) is 0 Å². The van der Waals surface area contributed by atoms with Gasteiger partial charge in [0.25, 0.3) is 5.91 Å². The van der Waals surface area contributed by atoms with Gasteiger partial charge in [-0.25, -0.2) is 4.98 Å². The third-order valence-electron chi connectivity index (χ3n) is 4.20. The Morgan fingerprint density at radius 3 is 2.79 bits per heavy atom. The lowest BCUT2D eigenvalue weighted by atomic mass is 10.0. The summed E-state index contributed by atoms with van der Waals surface area (Å²) in [6.45, 7) is 0. The zero-order chi connectivity index (χ0) is 16.7. The van der Waals surface area contributed by atoms with E-state index in [2.05, 4.69) is 9.97 Å². The summed E-state index contributed by atoms with van der Waals surface area (Å²) < 4.78 is 0. The number of hydrogen-bond acceptors (Lipinski definition) is 4. The number of anilines is 1. The Balaban J connectivity index is 1.97. The van der Waals surface area contributed by atoms with Gasteiger partial charge in [-0.05, 0) is 30.5 Å². The lowest BCUT2D eigenvalue weighted by Crippen LogP contribution is -2.45. The SMILES string of the molecule is CSc1cccc(N2C(=O)c3ccccc3[C@]2(O)c2ncc[nH]2)c1. The first-order chi connectivity index (χ1) is 11.7. The van der Waals surface area contributed by atoms with E-state index >= 15 is 0 Å². The molecule has 2 aromatic carbocycles. The quantitative estimate of drug-likeness (QED) is 0.721. The smallest absolute Gasteiger partial charge is 0.261 e. The van der Waals surface area contributed by atoms with Crippen LogP contribution < -0.4 is 4.90 Å². The van der Waals surface area contributed by atoms with Gasteiger partial charge < -0.3 is 10.1 Å². The van der Waals surface area contributed by atoms with Crippen LogP contribution in [0.15, 0.2) is 65.8 Å². The van der Waals surface area contributed by atoms with Gasteiger partial charge in [0.05, 0.1) is 0 Å². The first-order valence-corrected chi connectivity index (χ1v) is 8.69. The molecule has 1 aromatic heterocycles. The number of H-pyrrole nitrogens is 1. The maximum absolute atomic E-state index is 13.0. The summed E-state index contributed by atoms with van der Waals surface area (Å²) in [5.41, 5.74) is -0.0267. The van der Waals surface area contributed by atoms with Crippen LogP contribution >= 0.6 is 11.8 Å². The Bertz CT molecular complexity index is 910. The monoisotopic (exact) mass is 337 g/mol. The molecule has 4 rings (SSSR count). The highest BCUT2D eigenvalue weighted by Crippen LogP contribution is 2.44. The fourth-order valence-corrected chi connectivity index (χ4v) is 3.56. The minimum absolute atomic E-state index is 0.247. The van der Waals surface area contributed by atoms with Crippen molar-refractivity contribution in [2.24, 2.45) is 0 Å². The van der Waals surface area contributed by atoms with Gasteiger partial charge in [0.1, 0.15) is 0 Å². The Morgan fingerprint density at radius 2 is 2.04 bits per heavy atom. The number of aliphatic hydroxyl groups is 1. The van der Waals surface area contributed by atoms with E-state index in [0.717, 1.165) is 4.90 Å². The average Bonchev–Trinajstić information content (AvgIpc) is 3.23. The molecular weight excluding hydrogens is 322 g/mol. The lowest BCUT2D eigenvalue weighted by Gasteiger charge is -2.32. The zero-order valence-electron chi connectivity index (χ0n) is 12.9. The first kappa shape index (κ1) is 15.0. The van der Waals surface area contributed by atoms with E-state index < -0.39 is 5.72 Å². The van der Waals surface area contributed by atoms with Crippen LogP contribution in [0.1, 0.15) is 21.7 Å². The van der Waals surface area contributed by atoms with Crippen LogP contribution in [0.2, 0.25) is 0 Å². The Morgan fingerprint density at radius 1 is 1.21 bits per heavy atom. The number of thioether (sulfide) groups is 1. The Labute approximate surface area is 143 Å². The minimum Gasteiger partial charge on any atom is -0.360 e. The number of benzene rings is 2. The fourth-order valence-electron chi connectivity index (χ4n) is 3.10. The fraction of sp³-hybridized carbons (Fsp3) is 0.111. The summed E-state index contributed by atoms with van der Waals surface area (Å²) in [6, 6.07) is 14.6. The van der Waals surface area contributed by atoms with Gasteiger partial charge in [-0.3, -0.25) is 9.69 Å². The third kappa shape index (κ3) is 2.00. The van der Waals surface area contributed by atoms with Gasteiger partial charge in [0.15, 0.2) is 5.82 Å². The van der Waals surface area contributed by atoms with Gasteiger partial charge >= 0.3 is 0 Å². The molecule has 0 fully saturated rings.